The Morgan fingerprint density at radius 2 is 1.64 bits per heavy atom. The predicted molar refractivity (Wildman–Crippen MR) is 138 cm³/mol. The summed E-state index contributed by atoms with van der Waals surface area (Å²) in [6, 6.07) is 31.2. The number of benzene rings is 4. The van der Waals surface area contributed by atoms with Crippen molar-refractivity contribution in [1.29, 1.82) is 5.26 Å². The number of ether oxygens (including phenoxy) is 3. The highest BCUT2D eigenvalue weighted by molar-refractivity contribution is 9.10. The number of fused-ring (bicyclic) bond motifs is 1. The number of rotatable bonds is 5. The highest BCUT2D eigenvalue weighted by atomic mass is 79.9. The summed E-state index contributed by atoms with van der Waals surface area (Å²) in [5.41, 5.74) is 8.36. The molecule has 5 rings (SSSR count). The molecule has 1 aliphatic rings. The van der Waals surface area contributed by atoms with Crippen molar-refractivity contribution >= 4 is 21.9 Å². The number of nitrogens with zero attached hydrogens (tertiary/aromatic N) is 1. The van der Waals surface area contributed by atoms with Crippen LogP contribution in [0.5, 0.6) is 23.0 Å². The fourth-order valence-electron chi connectivity index (χ4n) is 4.01. The van der Waals surface area contributed by atoms with Crippen LogP contribution in [-0.4, -0.2) is 5.97 Å². The van der Waals surface area contributed by atoms with Crippen LogP contribution in [0.25, 0.3) is 0 Å². The summed E-state index contributed by atoms with van der Waals surface area (Å²) in [7, 11) is 0. The van der Waals surface area contributed by atoms with Crippen molar-refractivity contribution in [2.75, 3.05) is 0 Å². The molecule has 0 saturated carbocycles. The van der Waals surface area contributed by atoms with E-state index >= 15 is 0 Å². The number of hydrogen-bond donors (Lipinski definition) is 1. The van der Waals surface area contributed by atoms with Crippen molar-refractivity contribution in [3.8, 4) is 29.1 Å². The molecule has 1 aliphatic heterocycles. The molecule has 4 aromatic rings. The third-order valence-corrected chi connectivity index (χ3v) is 6.36. The van der Waals surface area contributed by atoms with Gasteiger partial charge in [0, 0.05) is 16.1 Å². The highest BCUT2D eigenvalue weighted by Gasteiger charge is 2.31. The molecule has 1 unspecified atom stereocenters. The van der Waals surface area contributed by atoms with E-state index in [1.54, 1.807) is 36.4 Å². The van der Waals surface area contributed by atoms with Crippen LogP contribution in [0, 0.1) is 11.3 Å². The lowest BCUT2D eigenvalue weighted by Crippen LogP contribution is -2.21. The molecule has 36 heavy (non-hydrogen) atoms. The molecular weight excluding hydrogens is 520 g/mol. The Morgan fingerprint density at radius 1 is 0.889 bits per heavy atom. The smallest absolute Gasteiger partial charge is 0.344 e. The molecule has 0 radical (unpaired) electrons. The Labute approximate surface area is 216 Å². The van der Waals surface area contributed by atoms with Gasteiger partial charge < -0.3 is 19.9 Å². The summed E-state index contributed by atoms with van der Waals surface area (Å²) in [4.78, 5) is 12.7. The minimum atomic E-state index is -0.512. The van der Waals surface area contributed by atoms with E-state index in [2.05, 4.69) is 22.0 Å². The van der Waals surface area contributed by atoms with Crippen LogP contribution in [0.4, 0.5) is 0 Å². The van der Waals surface area contributed by atoms with Crippen LogP contribution >= 0.6 is 15.9 Å². The molecular formula is C29H19BrN2O4. The summed E-state index contributed by atoms with van der Waals surface area (Å²) in [5.74, 6) is 1.04. The molecule has 0 aliphatic carbocycles. The lowest BCUT2D eigenvalue weighted by Gasteiger charge is -2.27. The van der Waals surface area contributed by atoms with Crippen molar-refractivity contribution in [3.05, 3.63) is 130 Å². The summed E-state index contributed by atoms with van der Waals surface area (Å²) in [6.07, 6.45) is 0. The topological polar surface area (TPSA) is 94.6 Å². The number of carbonyl (C=O) groups excluding carboxylic acids is 1. The first-order chi connectivity index (χ1) is 17.5. The van der Waals surface area contributed by atoms with Crippen LogP contribution in [0.2, 0.25) is 0 Å². The molecule has 0 bridgehead atoms. The predicted octanol–water partition coefficient (Wildman–Crippen LogP) is 6.68. The molecule has 0 spiro atoms. The van der Waals surface area contributed by atoms with Gasteiger partial charge in [-0.25, -0.2) is 4.79 Å². The number of hydrogen-bond acceptors (Lipinski definition) is 6. The summed E-state index contributed by atoms with van der Waals surface area (Å²) >= 11 is 3.36. The van der Waals surface area contributed by atoms with Gasteiger partial charge in [-0.15, -0.1) is 0 Å². The van der Waals surface area contributed by atoms with E-state index in [1.165, 1.54) is 0 Å². The van der Waals surface area contributed by atoms with Crippen LogP contribution in [0.1, 0.15) is 27.4 Å². The molecule has 6 nitrogen and oxygen atoms in total. The minimum absolute atomic E-state index is 0.00124. The lowest BCUT2D eigenvalue weighted by atomic mass is 9.83. The van der Waals surface area contributed by atoms with Gasteiger partial charge in [0.25, 0.3) is 0 Å². The molecule has 4 aromatic carbocycles. The van der Waals surface area contributed by atoms with Gasteiger partial charge in [0.15, 0.2) is 0 Å². The van der Waals surface area contributed by atoms with Crippen molar-refractivity contribution in [2.45, 2.75) is 5.92 Å². The van der Waals surface area contributed by atoms with E-state index in [4.69, 9.17) is 19.9 Å². The largest absolute Gasteiger partial charge is 0.457 e. The minimum Gasteiger partial charge on any atom is -0.457 e. The second-order valence-electron chi connectivity index (χ2n) is 7.98. The zero-order valence-corrected chi connectivity index (χ0v) is 20.4. The van der Waals surface area contributed by atoms with E-state index in [0.717, 1.165) is 11.1 Å². The molecule has 0 aromatic heterocycles. The third kappa shape index (κ3) is 4.67. The zero-order chi connectivity index (χ0) is 25.1. The first-order valence-electron chi connectivity index (χ1n) is 11.0. The number of para-hydroxylation sites is 1. The summed E-state index contributed by atoms with van der Waals surface area (Å²) in [6.45, 7) is 0. The average molecular weight is 539 g/mol. The van der Waals surface area contributed by atoms with Crippen LogP contribution in [0.3, 0.4) is 0 Å². The fourth-order valence-corrected chi connectivity index (χ4v) is 4.46. The van der Waals surface area contributed by atoms with Crippen LogP contribution < -0.4 is 19.9 Å². The van der Waals surface area contributed by atoms with Crippen LogP contribution in [0.15, 0.2) is 113 Å². The zero-order valence-electron chi connectivity index (χ0n) is 18.9. The maximum Gasteiger partial charge on any atom is 0.344 e. The molecule has 0 saturated heterocycles. The summed E-state index contributed by atoms with van der Waals surface area (Å²) in [5, 5.41) is 9.88. The van der Waals surface area contributed by atoms with E-state index in [0.29, 0.717) is 33.0 Å². The maximum absolute atomic E-state index is 12.7. The van der Waals surface area contributed by atoms with Gasteiger partial charge in [0.2, 0.25) is 5.88 Å². The number of nitriles is 1. The number of carbonyl (C=O) groups is 1. The maximum atomic E-state index is 12.7. The van der Waals surface area contributed by atoms with Gasteiger partial charge in [-0.3, -0.25) is 0 Å². The molecule has 2 N–H and O–H groups in total. The number of nitrogens with two attached hydrogens (primary N) is 1. The molecule has 176 valence electrons. The highest BCUT2D eigenvalue weighted by Crippen LogP contribution is 2.44. The first kappa shape index (κ1) is 23.2. The van der Waals surface area contributed by atoms with Crippen molar-refractivity contribution in [2.24, 2.45) is 5.73 Å². The van der Waals surface area contributed by atoms with Gasteiger partial charge in [0.05, 0.1) is 11.5 Å². The van der Waals surface area contributed by atoms with Gasteiger partial charge in [-0.2, -0.15) is 5.26 Å². The molecule has 0 amide bonds. The standard InChI is InChI=1S/C29H19BrN2O4/c30-25-12-5-4-11-22(25)29(33)35-21-13-14-23-26(16-21)36-28(32)24(17-31)27(23)18-7-6-10-20(15-18)34-19-8-2-1-3-9-19/h1-16,27H,32H2. The average Bonchev–Trinajstić information content (AvgIpc) is 2.89. The SMILES string of the molecule is N#CC1=C(N)Oc2cc(OC(=O)c3ccccc3Br)ccc2C1c1cccc(Oc2ccccc2)c1. The Balaban J connectivity index is 1.48. The van der Waals surface area contributed by atoms with Crippen molar-refractivity contribution in [1.82, 2.24) is 0 Å². The van der Waals surface area contributed by atoms with Crippen molar-refractivity contribution < 1.29 is 19.0 Å². The second kappa shape index (κ2) is 9.98. The normalized spacial score (nSPS) is 14.3. The fraction of sp³-hybridized carbons (Fsp3) is 0.0345. The lowest BCUT2D eigenvalue weighted by molar-refractivity contribution is 0.0733. The van der Waals surface area contributed by atoms with Crippen molar-refractivity contribution in [3.63, 3.8) is 0 Å². The van der Waals surface area contributed by atoms with E-state index in [9.17, 15) is 10.1 Å². The molecule has 1 heterocycles. The number of allylic oxidation sites excluding steroid dienone is 1. The Bertz CT molecular complexity index is 1530. The first-order valence-corrected chi connectivity index (χ1v) is 11.8. The number of esters is 1. The van der Waals surface area contributed by atoms with E-state index in [1.807, 2.05) is 60.7 Å². The van der Waals surface area contributed by atoms with Gasteiger partial charge in [0.1, 0.15) is 34.6 Å². The Morgan fingerprint density at radius 3 is 2.42 bits per heavy atom. The van der Waals surface area contributed by atoms with E-state index in [-0.39, 0.29) is 11.5 Å². The second-order valence-corrected chi connectivity index (χ2v) is 8.84. The molecule has 0 fully saturated rings. The van der Waals surface area contributed by atoms with Gasteiger partial charge in [-0.05, 0) is 64.0 Å². The molecule has 1 atom stereocenters. The summed E-state index contributed by atoms with van der Waals surface area (Å²) < 4.78 is 18.0. The molecule has 7 heteroatoms. The quantitative estimate of drug-likeness (QED) is 0.225. The van der Waals surface area contributed by atoms with Crippen LogP contribution in [-0.2, 0) is 0 Å². The van der Waals surface area contributed by atoms with Gasteiger partial charge in [-0.1, -0.05) is 48.5 Å². The number of halogens is 1. The van der Waals surface area contributed by atoms with Gasteiger partial charge >= 0.3 is 5.97 Å². The monoisotopic (exact) mass is 538 g/mol. The Kier molecular flexibility index (Phi) is 6.44. The van der Waals surface area contributed by atoms with E-state index < -0.39 is 11.9 Å². The third-order valence-electron chi connectivity index (χ3n) is 5.67. The Hall–Kier alpha value is -4.54.